The lowest BCUT2D eigenvalue weighted by molar-refractivity contribution is -0.0822. The second-order valence-corrected chi connectivity index (χ2v) is 7.43. The Labute approximate surface area is 155 Å². The van der Waals surface area contributed by atoms with E-state index in [0.29, 0.717) is 0 Å². The van der Waals surface area contributed by atoms with Gasteiger partial charge in [0.2, 0.25) is 6.79 Å². The molecule has 0 spiro atoms. The van der Waals surface area contributed by atoms with Crippen LogP contribution < -0.4 is 14.8 Å². The summed E-state index contributed by atoms with van der Waals surface area (Å²) >= 11 is 3.71. The highest BCUT2D eigenvalue weighted by Gasteiger charge is 2.54. The molecule has 25 heavy (non-hydrogen) atoms. The lowest BCUT2D eigenvalue weighted by atomic mass is 9.68. The minimum atomic E-state index is -0.326. The molecule has 1 aliphatic carbocycles. The van der Waals surface area contributed by atoms with Gasteiger partial charge in [0.25, 0.3) is 0 Å². The number of ether oxygens (including phenoxy) is 5. The molecule has 0 radical (unpaired) electrons. The summed E-state index contributed by atoms with van der Waals surface area (Å²) in [5.41, 5.74) is 0.812. The molecule has 3 aliphatic rings. The Morgan fingerprint density at radius 1 is 1.28 bits per heavy atom. The highest BCUT2D eigenvalue weighted by molar-refractivity contribution is 9.11. The number of halogens is 1. The van der Waals surface area contributed by atoms with Gasteiger partial charge in [-0.1, -0.05) is 28.1 Å². The van der Waals surface area contributed by atoms with Crippen LogP contribution in [-0.2, 0) is 19.6 Å². The summed E-state index contributed by atoms with van der Waals surface area (Å²) in [4.78, 5) is 0. The zero-order valence-corrected chi connectivity index (χ0v) is 15.9. The maximum atomic E-state index is 6.05. The van der Waals surface area contributed by atoms with Crippen molar-refractivity contribution >= 4 is 15.9 Å². The quantitative estimate of drug-likeness (QED) is 0.750. The van der Waals surface area contributed by atoms with Crippen molar-refractivity contribution in [3.05, 3.63) is 34.3 Å². The third-order valence-corrected chi connectivity index (χ3v) is 6.08. The fraction of sp³-hybridized carbons (Fsp3) is 0.556. The standard InChI is InChI=1S/C18H22BrNO5/c1-21-9-25-17-8-20-16-6-14(22-2)12(19)7-18(16,17)11-3-4-13-15(5-11)24-10-23-13/h3-5,7,14,16-17,20H,6,8-10H2,1-2H3/t14-,16+,17-,18+/m1/s1. The first kappa shape index (κ1) is 17.3. The van der Waals surface area contributed by atoms with Gasteiger partial charge < -0.3 is 29.0 Å². The first-order chi connectivity index (χ1) is 12.2. The molecule has 0 unspecified atom stereocenters. The van der Waals surface area contributed by atoms with E-state index in [9.17, 15) is 0 Å². The van der Waals surface area contributed by atoms with E-state index in [-0.39, 0.29) is 37.3 Å². The van der Waals surface area contributed by atoms with E-state index >= 15 is 0 Å². The largest absolute Gasteiger partial charge is 0.454 e. The molecule has 4 rings (SSSR count). The first-order valence-corrected chi connectivity index (χ1v) is 9.13. The van der Waals surface area contributed by atoms with Crippen LogP contribution in [0.1, 0.15) is 12.0 Å². The summed E-state index contributed by atoms with van der Waals surface area (Å²) in [6, 6.07) is 6.33. The molecule has 0 saturated carbocycles. The molecule has 136 valence electrons. The van der Waals surface area contributed by atoms with Crippen LogP contribution in [0, 0.1) is 0 Å². The van der Waals surface area contributed by atoms with Gasteiger partial charge in [-0.05, 0) is 24.1 Å². The van der Waals surface area contributed by atoms with Crippen molar-refractivity contribution in [2.45, 2.75) is 30.1 Å². The van der Waals surface area contributed by atoms with Crippen LogP contribution >= 0.6 is 15.9 Å². The van der Waals surface area contributed by atoms with Crippen molar-refractivity contribution in [1.29, 1.82) is 0 Å². The smallest absolute Gasteiger partial charge is 0.231 e. The van der Waals surface area contributed by atoms with Crippen LogP contribution in [0.2, 0.25) is 0 Å². The van der Waals surface area contributed by atoms with Crippen molar-refractivity contribution in [3.8, 4) is 11.5 Å². The molecule has 2 heterocycles. The molecule has 2 aliphatic heterocycles. The van der Waals surface area contributed by atoms with Crippen LogP contribution in [0.3, 0.4) is 0 Å². The average Bonchev–Trinajstić information content (AvgIpc) is 3.23. The van der Waals surface area contributed by atoms with Crippen LogP contribution in [0.4, 0.5) is 0 Å². The van der Waals surface area contributed by atoms with Gasteiger partial charge in [-0.2, -0.15) is 0 Å². The van der Waals surface area contributed by atoms with Crippen LogP contribution in [0.5, 0.6) is 11.5 Å². The van der Waals surface area contributed by atoms with E-state index in [1.807, 2.05) is 6.07 Å². The summed E-state index contributed by atoms with van der Waals surface area (Å²) < 4.78 is 28.9. The van der Waals surface area contributed by atoms with E-state index < -0.39 is 0 Å². The number of methoxy groups -OCH3 is 2. The summed E-state index contributed by atoms with van der Waals surface area (Å²) in [6.45, 7) is 1.27. The summed E-state index contributed by atoms with van der Waals surface area (Å²) in [6.07, 6.45) is 3.08. The summed E-state index contributed by atoms with van der Waals surface area (Å²) in [5.74, 6) is 1.56. The number of nitrogens with one attached hydrogen (secondary N) is 1. The molecule has 0 bridgehead atoms. The Morgan fingerprint density at radius 3 is 2.92 bits per heavy atom. The Bertz CT molecular complexity index is 681. The Kier molecular flexibility index (Phi) is 4.77. The SMILES string of the molecule is COCO[C@@H]1CN[C@H]2C[C@@H](OC)C(Br)=C[C@]21c1ccc2c(c1)OCO2. The second-order valence-electron chi connectivity index (χ2n) is 6.51. The minimum absolute atomic E-state index is 0.0424. The van der Waals surface area contributed by atoms with Gasteiger partial charge in [-0.25, -0.2) is 0 Å². The molecule has 1 aromatic carbocycles. The van der Waals surface area contributed by atoms with E-state index in [1.54, 1.807) is 14.2 Å². The normalized spacial score (nSPS) is 33.2. The van der Waals surface area contributed by atoms with E-state index in [0.717, 1.165) is 34.5 Å². The molecule has 6 nitrogen and oxygen atoms in total. The van der Waals surface area contributed by atoms with Gasteiger partial charge in [0.05, 0.1) is 17.6 Å². The maximum absolute atomic E-state index is 6.05. The fourth-order valence-electron chi connectivity index (χ4n) is 4.12. The lowest BCUT2D eigenvalue weighted by Gasteiger charge is -2.42. The van der Waals surface area contributed by atoms with E-state index in [2.05, 4.69) is 39.5 Å². The maximum Gasteiger partial charge on any atom is 0.231 e. The Hall–Kier alpha value is -1.12. The third kappa shape index (κ3) is 2.78. The van der Waals surface area contributed by atoms with Gasteiger partial charge in [-0.15, -0.1) is 0 Å². The number of rotatable bonds is 5. The first-order valence-electron chi connectivity index (χ1n) is 8.34. The van der Waals surface area contributed by atoms with Gasteiger partial charge in [0.15, 0.2) is 11.5 Å². The van der Waals surface area contributed by atoms with Gasteiger partial charge in [-0.3, -0.25) is 0 Å². The number of hydrogen-bond acceptors (Lipinski definition) is 6. The molecule has 4 atom stereocenters. The lowest BCUT2D eigenvalue weighted by Crippen LogP contribution is -2.50. The predicted molar refractivity (Wildman–Crippen MR) is 95.2 cm³/mol. The zero-order valence-electron chi connectivity index (χ0n) is 14.3. The van der Waals surface area contributed by atoms with Gasteiger partial charge in [0.1, 0.15) is 6.79 Å². The van der Waals surface area contributed by atoms with Gasteiger partial charge in [0, 0.05) is 31.3 Å². The van der Waals surface area contributed by atoms with Gasteiger partial charge >= 0.3 is 0 Å². The summed E-state index contributed by atoms with van der Waals surface area (Å²) in [5, 5.41) is 3.61. The molecule has 1 saturated heterocycles. The molecule has 1 aromatic rings. The van der Waals surface area contributed by atoms with E-state index in [4.69, 9.17) is 23.7 Å². The molecular weight excluding hydrogens is 390 g/mol. The third-order valence-electron chi connectivity index (χ3n) is 5.34. The molecule has 0 aromatic heterocycles. The average molecular weight is 412 g/mol. The highest BCUT2D eigenvalue weighted by Crippen LogP contribution is 2.48. The van der Waals surface area contributed by atoms with Crippen molar-refractivity contribution in [3.63, 3.8) is 0 Å². The molecule has 7 heteroatoms. The van der Waals surface area contributed by atoms with Crippen LogP contribution in [0.15, 0.2) is 28.8 Å². The molecule has 1 fully saturated rings. The van der Waals surface area contributed by atoms with Crippen molar-refractivity contribution in [2.75, 3.05) is 34.4 Å². The summed E-state index contributed by atoms with van der Waals surface area (Å²) in [7, 11) is 3.38. The highest BCUT2D eigenvalue weighted by atomic mass is 79.9. The second kappa shape index (κ2) is 6.89. The van der Waals surface area contributed by atoms with Crippen molar-refractivity contribution in [2.24, 2.45) is 0 Å². The Balaban J connectivity index is 1.80. The Morgan fingerprint density at radius 2 is 2.12 bits per heavy atom. The number of fused-ring (bicyclic) bond motifs is 2. The van der Waals surface area contributed by atoms with Crippen LogP contribution in [-0.4, -0.2) is 52.6 Å². The van der Waals surface area contributed by atoms with Crippen LogP contribution in [0.25, 0.3) is 0 Å². The van der Waals surface area contributed by atoms with Crippen molar-refractivity contribution in [1.82, 2.24) is 5.32 Å². The molecular formula is C18H22BrNO5. The fourth-order valence-corrected chi connectivity index (χ4v) is 4.88. The monoisotopic (exact) mass is 411 g/mol. The minimum Gasteiger partial charge on any atom is -0.454 e. The molecule has 1 N–H and O–H groups in total. The zero-order chi connectivity index (χ0) is 17.4. The number of hydrogen-bond donors (Lipinski definition) is 1. The molecule has 0 amide bonds. The predicted octanol–water partition coefficient (Wildman–Crippen LogP) is 2.31. The van der Waals surface area contributed by atoms with Crippen molar-refractivity contribution < 1.29 is 23.7 Å². The topological polar surface area (TPSA) is 58.2 Å². The van der Waals surface area contributed by atoms with E-state index in [1.165, 1.54) is 0 Å². The number of benzene rings is 1.